The second-order valence-electron chi connectivity index (χ2n) is 5.89. The van der Waals surface area contributed by atoms with Crippen LogP contribution in [0.3, 0.4) is 0 Å². The van der Waals surface area contributed by atoms with Crippen molar-refractivity contribution in [3.8, 4) is 11.5 Å². The first kappa shape index (κ1) is 18.5. The third-order valence-electron chi connectivity index (χ3n) is 4.12. The smallest absolute Gasteiger partial charge is 0.387 e. The predicted molar refractivity (Wildman–Crippen MR) is 97.7 cm³/mol. The summed E-state index contributed by atoms with van der Waals surface area (Å²) in [6.07, 6.45) is 0.856. The standard InChI is InChI=1S/C19H19F2NO3S/c1-12-9-10-22(14-5-3-4-6-17(14)26-12)18(23)13-7-8-15(25-19(20)21)16(11-13)24-2/h3-8,11-12,19H,9-10H2,1-2H3/t12-/m1/s1. The van der Waals surface area contributed by atoms with Gasteiger partial charge in [0.2, 0.25) is 0 Å². The number of hydrogen-bond acceptors (Lipinski definition) is 4. The SMILES string of the molecule is COc1cc(C(=O)N2CC[C@@H](C)Sc3ccccc32)ccc1OC(F)F. The topological polar surface area (TPSA) is 38.8 Å². The van der Waals surface area contributed by atoms with E-state index in [4.69, 9.17) is 4.74 Å². The van der Waals surface area contributed by atoms with Gasteiger partial charge in [-0.3, -0.25) is 4.79 Å². The van der Waals surface area contributed by atoms with Crippen molar-refractivity contribution in [2.45, 2.75) is 30.1 Å². The highest BCUT2D eigenvalue weighted by molar-refractivity contribution is 8.00. The molecule has 4 nitrogen and oxygen atoms in total. The van der Waals surface area contributed by atoms with E-state index in [1.807, 2.05) is 24.3 Å². The molecule has 0 saturated heterocycles. The van der Waals surface area contributed by atoms with Crippen molar-refractivity contribution in [2.75, 3.05) is 18.6 Å². The average Bonchev–Trinajstić information content (AvgIpc) is 2.79. The number of hydrogen-bond donors (Lipinski definition) is 0. The number of benzene rings is 2. The lowest BCUT2D eigenvalue weighted by molar-refractivity contribution is -0.0512. The Morgan fingerprint density at radius 2 is 2.00 bits per heavy atom. The fourth-order valence-corrected chi connectivity index (χ4v) is 3.96. The molecular formula is C19H19F2NO3S. The van der Waals surface area contributed by atoms with Crippen molar-refractivity contribution in [3.63, 3.8) is 0 Å². The molecular weight excluding hydrogens is 360 g/mol. The number of thioether (sulfide) groups is 1. The van der Waals surface area contributed by atoms with Crippen LogP contribution in [0.4, 0.5) is 14.5 Å². The van der Waals surface area contributed by atoms with E-state index in [0.29, 0.717) is 17.4 Å². The van der Waals surface area contributed by atoms with Crippen molar-refractivity contribution >= 4 is 23.4 Å². The number of anilines is 1. The highest BCUT2D eigenvalue weighted by atomic mass is 32.2. The molecule has 2 aromatic carbocycles. The average molecular weight is 379 g/mol. The van der Waals surface area contributed by atoms with Crippen molar-refractivity contribution in [1.82, 2.24) is 0 Å². The zero-order chi connectivity index (χ0) is 18.7. The normalized spacial score (nSPS) is 16.8. The number of amides is 1. The number of halogens is 2. The maximum atomic E-state index is 13.1. The first-order valence-electron chi connectivity index (χ1n) is 8.20. The van der Waals surface area contributed by atoms with E-state index in [-0.39, 0.29) is 17.4 Å². The number of fused-ring (bicyclic) bond motifs is 1. The fourth-order valence-electron chi connectivity index (χ4n) is 2.85. The molecule has 0 bridgehead atoms. The Balaban J connectivity index is 1.94. The van der Waals surface area contributed by atoms with Crippen LogP contribution in [0.5, 0.6) is 11.5 Å². The lowest BCUT2D eigenvalue weighted by atomic mass is 10.1. The molecule has 7 heteroatoms. The summed E-state index contributed by atoms with van der Waals surface area (Å²) in [7, 11) is 1.35. The van der Waals surface area contributed by atoms with Crippen LogP contribution < -0.4 is 14.4 Å². The maximum absolute atomic E-state index is 13.1. The number of carbonyl (C=O) groups is 1. The van der Waals surface area contributed by atoms with Crippen molar-refractivity contribution in [1.29, 1.82) is 0 Å². The van der Waals surface area contributed by atoms with Gasteiger partial charge in [-0.05, 0) is 36.8 Å². The molecule has 0 saturated carbocycles. The van der Waals surface area contributed by atoms with Gasteiger partial charge in [-0.1, -0.05) is 19.1 Å². The summed E-state index contributed by atoms with van der Waals surface area (Å²) in [4.78, 5) is 15.9. The van der Waals surface area contributed by atoms with E-state index in [1.165, 1.54) is 25.3 Å². The molecule has 2 aromatic rings. The van der Waals surface area contributed by atoms with Gasteiger partial charge in [-0.25, -0.2) is 0 Å². The van der Waals surface area contributed by atoms with Crippen molar-refractivity contribution in [2.24, 2.45) is 0 Å². The van der Waals surface area contributed by atoms with Gasteiger partial charge < -0.3 is 14.4 Å². The molecule has 0 spiro atoms. The van der Waals surface area contributed by atoms with E-state index < -0.39 is 6.61 Å². The number of rotatable bonds is 4. The third kappa shape index (κ3) is 3.93. The zero-order valence-electron chi connectivity index (χ0n) is 14.4. The van der Waals surface area contributed by atoms with E-state index in [2.05, 4.69) is 11.7 Å². The highest BCUT2D eigenvalue weighted by Gasteiger charge is 2.26. The fraction of sp³-hybridized carbons (Fsp3) is 0.316. The van der Waals surface area contributed by atoms with Gasteiger partial charge in [0.15, 0.2) is 11.5 Å². The minimum absolute atomic E-state index is 0.0977. The van der Waals surface area contributed by atoms with Crippen LogP contribution in [-0.4, -0.2) is 31.4 Å². The molecule has 3 rings (SSSR count). The van der Waals surface area contributed by atoms with Crippen LogP contribution in [0.15, 0.2) is 47.4 Å². The molecule has 0 radical (unpaired) electrons. The minimum Gasteiger partial charge on any atom is -0.493 e. The minimum atomic E-state index is -2.96. The number of ether oxygens (including phenoxy) is 2. The van der Waals surface area contributed by atoms with E-state index in [0.717, 1.165) is 17.0 Å². The second-order valence-corrected chi connectivity index (χ2v) is 7.37. The van der Waals surface area contributed by atoms with Crippen LogP contribution in [-0.2, 0) is 0 Å². The van der Waals surface area contributed by atoms with Gasteiger partial charge in [-0.2, -0.15) is 8.78 Å². The Morgan fingerprint density at radius 3 is 2.73 bits per heavy atom. The van der Waals surface area contributed by atoms with Crippen LogP contribution in [0.2, 0.25) is 0 Å². The van der Waals surface area contributed by atoms with E-state index >= 15 is 0 Å². The Hall–Kier alpha value is -2.28. The van der Waals surface area contributed by atoms with Crippen LogP contribution in [0, 0.1) is 0 Å². The number of carbonyl (C=O) groups excluding carboxylic acids is 1. The summed E-state index contributed by atoms with van der Waals surface area (Å²) in [6, 6.07) is 12.0. The zero-order valence-corrected chi connectivity index (χ0v) is 15.3. The molecule has 1 amide bonds. The predicted octanol–water partition coefficient (Wildman–Crippen LogP) is 4.83. The molecule has 0 aromatic heterocycles. The molecule has 138 valence electrons. The van der Waals surface area contributed by atoms with Gasteiger partial charge in [-0.15, -0.1) is 11.8 Å². The third-order valence-corrected chi connectivity index (χ3v) is 5.35. The van der Waals surface area contributed by atoms with Crippen molar-refractivity contribution < 1.29 is 23.0 Å². The van der Waals surface area contributed by atoms with Gasteiger partial charge in [0.1, 0.15) is 0 Å². The second kappa shape index (κ2) is 7.95. The van der Waals surface area contributed by atoms with Gasteiger partial charge in [0, 0.05) is 22.3 Å². The summed E-state index contributed by atoms with van der Waals surface area (Å²) in [5.41, 5.74) is 1.22. The molecule has 26 heavy (non-hydrogen) atoms. The monoisotopic (exact) mass is 379 g/mol. The van der Waals surface area contributed by atoms with Gasteiger partial charge in [0.25, 0.3) is 5.91 Å². The lowest BCUT2D eigenvalue weighted by Crippen LogP contribution is -2.32. The van der Waals surface area contributed by atoms with Gasteiger partial charge >= 0.3 is 6.61 Å². The number of nitrogens with zero attached hydrogens (tertiary/aromatic N) is 1. The largest absolute Gasteiger partial charge is 0.493 e. The highest BCUT2D eigenvalue weighted by Crippen LogP contribution is 2.38. The van der Waals surface area contributed by atoms with Crippen LogP contribution in [0.25, 0.3) is 0 Å². The van der Waals surface area contributed by atoms with Gasteiger partial charge in [0.05, 0.1) is 12.8 Å². The van der Waals surface area contributed by atoms with E-state index in [9.17, 15) is 13.6 Å². The first-order valence-corrected chi connectivity index (χ1v) is 9.08. The Morgan fingerprint density at radius 1 is 1.23 bits per heavy atom. The number of methoxy groups -OCH3 is 1. The Bertz CT molecular complexity index is 800. The maximum Gasteiger partial charge on any atom is 0.387 e. The molecule has 1 heterocycles. The molecule has 0 N–H and O–H groups in total. The van der Waals surface area contributed by atoms with Crippen LogP contribution in [0.1, 0.15) is 23.7 Å². The van der Waals surface area contributed by atoms with Crippen LogP contribution >= 0.6 is 11.8 Å². The number of alkyl halides is 2. The summed E-state index contributed by atoms with van der Waals surface area (Å²) >= 11 is 1.74. The molecule has 1 aliphatic rings. The van der Waals surface area contributed by atoms with E-state index in [1.54, 1.807) is 16.7 Å². The summed E-state index contributed by atoms with van der Waals surface area (Å²) in [5, 5.41) is 0.394. The number of para-hydroxylation sites is 1. The lowest BCUT2D eigenvalue weighted by Gasteiger charge is -2.23. The molecule has 0 unspecified atom stereocenters. The summed E-state index contributed by atoms with van der Waals surface area (Å²) < 4.78 is 34.5. The first-order chi connectivity index (χ1) is 12.5. The summed E-state index contributed by atoms with van der Waals surface area (Å²) in [6.45, 7) is -0.238. The molecule has 1 aliphatic heterocycles. The van der Waals surface area contributed by atoms with Crippen molar-refractivity contribution in [3.05, 3.63) is 48.0 Å². The quantitative estimate of drug-likeness (QED) is 0.763. The molecule has 1 atom stereocenters. The molecule has 0 fully saturated rings. The Kier molecular flexibility index (Phi) is 5.66. The molecule has 0 aliphatic carbocycles. The Labute approximate surface area is 155 Å². The summed E-state index contributed by atoms with van der Waals surface area (Å²) in [5.74, 6) is -0.199.